The van der Waals surface area contributed by atoms with Crippen LogP contribution in [0.3, 0.4) is 0 Å². The van der Waals surface area contributed by atoms with Gasteiger partial charge >= 0.3 is 0 Å². The van der Waals surface area contributed by atoms with Crippen LogP contribution in [-0.2, 0) is 9.47 Å². The molecular formula is C14H21N3O2. The standard InChI is InChI=1S/C14H21N3O2/c1-11-9-13(16-10-15-11)17(2)12-3-5-14(6-4-12)18-7-8-19-14/h9-10,12H,3-8H2,1-2H3. The highest BCUT2D eigenvalue weighted by molar-refractivity contribution is 5.39. The van der Waals surface area contributed by atoms with Crippen LogP contribution in [-0.4, -0.2) is 42.1 Å². The highest BCUT2D eigenvalue weighted by Gasteiger charge is 2.41. The Morgan fingerprint density at radius 3 is 2.53 bits per heavy atom. The molecule has 0 aromatic carbocycles. The lowest BCUT2D eigenvalue weighted by Crippen LogP contribution is -2.43. The van der Waals surface area contributed by atoms with Crippen LogP contribution in [0, 0.1) is 6.92 Å². The third-order valence-electron chi connectivity index (χ3n) is 4.23. The van der Waals surface area contributed by atoms with E-state index in [1.165, 1.54) is 0 Å². The van der Waals surface area contributed by atoms with Crippen molar-refractivity contribution in [1.29, 1.82) is 0 Å². The summed E-state index contributed by atoms with van der Waals surface area (Å²) in [7, 11) is 2.11. The molecule has 104 valence electrons. The highest BCUT2D eigenvalue weighted by atomic mass is 16.7. The maximum absolute atomic E-state index is 5.77. The van der Waals surface area contributed by atoms with Crippen molar-refractivity contribution in [2.75, 3.05) is 25.2 Å². The van der Waals surface area contributed by atoms with Gasteiger partial charge < -0.3 is 14.4 Å². The molecule has 5 heteroatoms. The fourth-order valence-electron chi connectivity index (χ4n) is 3.04. The molecule has 2 aliphatic rings. The Bertz CT molecular complexity index is 436. The lowest BCUT2D eigenvalue weighted by atomic mass is 9.89. The monoisotopic (exact) mass is 263 g/mol. The molecule has 1 saturated heterocycles. The molecule has 0 atom stereocenters. The molecule has 0 amide bonds. The van der Waals surface area contributed by atoms with E-state index in [4.69, 9.17) is 9.47 Å². The van der Waals surface area contributed by atoms with E-state index in [9.17, 15) is 0 Å². The second kappa shape index (κ2) is 5.06. The van der Waals surface area contributed by atoms with Crippen LogP contribution in [0.2, 0.25) is 0 Å². The average Bonchev–Trinajstić information content (AvgIpc) is 2.87. The summed E-state index contributed by atoms with van der Waals surface area (Å²) in [5.41, 5.74) is 1.01. The minimum Gasteiger partial charge on any atom is -0.357 e. The minimum absolute atomic E-state index is 0.279. The van der Waals surface area contributed by atoms with E-state index in [1.54, 1.807) is 6.33 Å². The van der Waals surface area contributed by atoms with Crippen LogP contribution in [0.4, 0.5) is 5.82 Å². The van der Waals surface area contributed by atoms with Gasteiger partial charge in [-0.15, -0.1) is 0 Å². The molecule has 5 nitrogen and oxygen atoms in total. The Kier molecular flexibility index (Phi) is 3.41. The third-order valence-corrected chi connectivity index (χ3v) is 4.23. The number of rotatable bonds is 2. The first kappa shape index (κ1) is 12.8. The number of aromatic nitrogens is 2. The molecule has 19 heavy (non-hydrogen) atoms. The van der Waals surface area contributed by atoms with Crippen LogP contribution in [0.1, 0.15) is 31.4 Å². The van der Waals surface area contributed by atoms with Crippen molar-refractivity contribution in [3.8, 4) is 0 Å². The zero-order chi connectivity index (χ0) is 13.3. The Balaban J connectivity index is 1.64. The predicted octanol–water partition coefficient (Wildman–Crippen LogP) is 1.91. The summed E-state index contributed by atoms with van der Waals surface area (Å²) >= 11 is 0. The number of hydrogen-bond acceptors (Lipinski definition) is 5. The van der Waals surface area contributed by atoms with Crippen molar-refractivity contribution in [2.45, 2.75) is 44.4 Å². The molecule has 2 heterocycles. The summed E-state index contributed by atoms with van der Waals surface area (Å²) in [5, 5.41) is 0. The van der Waals surface area contributed by atoms with Crippen molar-refractivity contribution >= 4 is 5.82 Å². The third kappa shape index (κ3) is 2.58. The average molecular weight is 263 g/mol. The quantitative estimate of drug-likeness (QED) is 0.815. The van der Waals surface area contributed by atoms with Crippen LogP contribution < -0.4 is 4.90 Å². The van der Waals surface area contributed by atoms with E-state index >= 15 is 0 Å². The van der Waals surface area contributed by atoms with Crippen LogP contribution >= 0.6 is 0 Å². The molecule has 1 aromatic rings. The van der Waals surface area contributed by atoms with Gasteiger partial charge in [0.2, 0.25) is 0 Å². The smallest absolute Gasteiger partial charge is 0.168 e. The van der Waals surface area contributed by atoms with Gasteiger partial charge in [0.1, 0.15) is 12.1 Å². The first-order valence-electron chi connectivity index (χ1n) is 6.98. The highest BCUT2D eigenvalue weighted by Crippen LogP contribution is 2.37. The summed E-state index contributed by atoms with van der Waals surface area (Å²) in [6.07, 6.45) is 5.76. The molecule has 0 unspecified atom stereocenters. The molecule has 0 bridgehead atoms. The molecular weight excluding hydrogens is 242 g/mol. The Morgan fingerprint density at radius 2 is 1.89 bits per heavy atom. The van der Waals surface area contributed by atoms with Crippen molar-refractivity contribution in [3.63, 3.8) is 0 Å². The molecule has 2 fully saturated rings. The van der Waals surface area contributed by atoms with Gasteiger partial charge in [-0.25, -0.2) is 9.97 Å². The topological polar surface area (TPSA) is 47.5 Å². The van der Waals surface area contributed by atoms with Gasteiger partial charge in [-0.1, -0.05) is 0 Å². The largest absolute Gasteiger partial charge is 0.357 e. The maximum Gasteiger partial charge on any atom is 0.168 e. The Hall–Kier alpha value is -1.20. The van der Waals surface area contributed by atoms with E-state index in [-0.39, 0.29) is 5.79 Å². The second-order valence-electron chi connectivity index (χ2n) is 5.47. The number of aryl methyl sites for hydroxylation is 1. The maximum atomic E-state index is 5.77. The number of ether oxygens (including phenoxy) is 2. The minimum atomic E-state index is -0.279. The molecule has 1 spiro atoms. The van der Waals surface area contributed by atoms with Gasteiger partial charge in [-0.2, -0.15) is 0 Å². The molecule has 3 rings (SSSR count). The van der Waals surface area contributed by atoms with Gasteiger partial charge in [0.05, 0.1) is 13.2 Å². The van der Waals surface area contributed by atoms with Gasteiger partial charge in [0.25, 0.3) is 0 Å². The first-order chi connectivity index (χ1) is 9.19. The fourth-order valence-corrected chi connectivity index (χ4v) is 3.04. The summed E-state index contributed by atoms with van der Waals surface area (Å²) in [5.74, 6) is 0.723. The molecule has 0 N–H and O–H groups in total. The SMILES string of the molecule is Cc1cc(N(C)C2CCC3(CC2)OCCO3)ncn1. The zero-order valence-electron chi connectivity index (χ0n) is 11.6. The van der Waals surface area contributed by atoms with Gasteiger partial charge in [0, 0.05) is 37.7 Å². The normalized spacial score (nSPS) is 22.8. The van der Waals surface area contributed by atoms with E-state index in [2.05, 4.69) is 21.9 Å². The molecule has 1 aromatic heterocycles. The second-order valence-corrected chi connectivity index (χ2v) is 5.47. The van der Waals surface area contributed by atoms with Crippen molar-refractivity contribution in [2.24, 2.45) is 0 Å². The fraction of sp³-hybridized carbons (Fsp3) is 0.714. The van der Waals surface area contributed by atoms with Gasteiger partial charge in [-0.05, 0) is 19.8 Å². The van der Waals surface area contributed by atoms with Crippen molar-refractivity contribution in [1.82, 2.24) is 9.97 Å². The molecule has 0 radical (unpaired) electrons. The molecule has 1 saturated carbocycles. The summed E-state index contributed by atoms with van der Waals surface area (Å²) in [6.45, 7) is 3.48. The van der Waals surface area contributed by atoms with Gasteiger partial charge in [-0.3, -0.25) is 0 Å². The summed E-state index contributed by atoms with van der Waals surface area (Å²) < 4.78 is 11.5. The summed E-state index contributed by atoms with van der Waals surface area (Å²) in [4.78, 5) is 10.8. The van der Waals surface area contributed by atoms with E-state index in [0.717, 1.165) is 50.4 Å². The number of anilines is 1. The van der Waals surface area contributed by atoms with Gasteiger partial charge in [0.15, 0.2) is 5.79 Å². The van der Waals surface area contributed by atoms with Crippen LogP contribution in [0.25, 0.3) is 0 Å². The lowest BCUT2D eigenvalue weighted by molar-refractivity contribution is -0.178. The predicted molar refractivity (Wildman–Crippen MR) is 72.1 cm³/mol. The molecule has 1 aliphatic carbocycles. The van der Waals surface area contributed by atoms with E-state index < -0.39 is 0 Å². The van der Waals surface area contributed by atoms with E-state index in [1.807, 2.05) is 13.0 Å². The number of nitrogens with zero attached hydrogens (tertiary/aromatic N) is 3. The van der Waals surface area contributed by atoms with Crippen molar-refractivity contribution < 1.29 is 9.47 Å². The first-order valence-corrected chi connectivity index (χ1v) is 6.98. The lowest BCUT2D eigenvalue weighted by Gasteiger charge is -2.39. The summed E-state index contributed by atoms with van der Waals surface area (Å²) in [6, 6.07) is 2.54. The Morgan fingerprint density at radius 1 is 1.21 bits per heavy atom. The molecule has 1 aliphatic heterocycles. The van der Waals surface area contributed by atoms with E-state index in [0.29, 0.717) is 6.04 Å². The number of hydrogen-bond donors (Lipinski definition) is 0. The van der Waals surface area contributed by atoms with Crippen LogP contribution in [0.5, 0.6) is 0 Å². The van der Waals surface area contributed by atoms with Crippen molar-refractivity contribution in [3.05, 3.63) is 18.1 Å². The van der Waals surface area contributed by atoms with Crippen LogP contribution in [0.15, 0.2) is 12.4 Å². The zero-order valence-corrected chi connectivity index (χ0v) is 11.6. The Labute approximate surface area is 113 Å².